The second-order valence-corrected chi connectivity index (χ2v) is 7.17. The minimum absolute atomic E-state index is 0.391. The maximum atomic E-state index is 5.75. The number of hydrogen-bond donors (Lipinski definition) is 1. The summed E-state index contributed by atoms with van der Waals surface area (Å²) in [5.41, 5.74) is 8.96. The Balaban J connectivity index is 1.55. The molecule has 2 aromatic heterocycles. The van der Waals surface area contributed by atoms with E-state index in [1.807, 2.05) is 29.1 Å². The molecule has 148 valence electrons. The van der Waals surface area contributed by atoms with Crippen molar-refractivity contribution in [3.05, 3.63) is 47.8 Å². The van der Waals surface area contributed by atoms with Crippen molar-refractivity contribution in [3.8, 4) is 11.5 Å². The quantitative estimate of drug-likeness (QED) is 0.677. The molecule has 1 atom stereocenters. The monoisotopic (exact) mass is 381 g/mol. The van der Waals surface area contributed by atoms with Gasteiger partial charge in [0, 0.05) is 42.7 Å². The molecule has 0 aliphatic carbocycles. The van der Waals surface area contributed by atoms with Gasteiger partial charge >= 0.3 is 0 Å². The van der Waals surface area contributed by atoms with Gasteiger partial charge in [0.15, 0.2) is 5.65 Å². The number of nitrogens with two attached hydrogens (primary N) is 1. The van der Waals surface area contributed by atoms with E-state index in [0.717, 1.165) is 59.8 Å². The number of hydrogen-bond acceptors (Lipinski definition) is 6. The number of rotatable bonds is 7. The first-order valence-electron chi connectivity index (χ1n) is 9.68. The van der Waals surface area contributed by atoms with Crippen LogP contribution in [0.4, 0.5) is 0 Å². The van der Waals surface area contributed by atoms with E-state index in [2.05, 4.69) is 22.0 Å². The minimum Gasteiger partial charge on any atom is -0.497 e. The van der Waals surface area contributed by atoms with Crippen LogP contribution in [-0.4, -0.2) is 53.5 Å². The molecule has 0 amide bonds. The van der Waals surface area contributed by atoms with Gasteiger partial charge in [0.25, 0.3) is 0 Å². The molecule has 1 saturated heterocycles. The Morgan fingerprint density at radius 2 is 2.11 bits per heavy atom. The number of nitrogens with zero attached hydrogens (tertiary/aromatic N) is 4. The van der Waals surface area contributed by atoms with E-state index in [1.165, 1.54) is 0 Å². The van der Waals surface area contributed by atoms with Crippen molar-refractivity contribution in [2.24, 2.45) is 5.73 Å². The van der Waals surface area contributed by atoms with E-state index < -0.39 is 0 Å². The molecule has 0 radical (unpaired) electrons. The SMILES string of the molecule is COc1ccc(OC)c(CN2CC[C@@H](c3nn(CCN)c4ncccc34)C2)c1. The van der Waals surface area contributed by atoms with Crippen molar-refractivity contribution < 1.29 is 9.47 Å². The highest BCUT2D eigenvalue weighted by Gasteiger charge is 2.28. The van der Waals surface area contributed by atoms with Gasteiger partial charge in [-0.1, -0.05) is 0 Å². The molecule has 1 aliphatic rings. The van der Waals surface area contributed by atoms with Crippen molar-refractivity contribution in [1.82, 2.24) is 19.7 Å². The highest BCUT2D eigenvalue weighted by Crippen LogP contribution is 2.33. The van der Waals surface area contributed by atoms with Gasteiger partial charge in [-0.25, -0.2) is 9.67 Å². The molecule has 0 bridgehead atoms. The molecular formula is C21H27N5O2. The molecule has 3 heterocycles. The lowest BCUT2D eigenvalue weighted by atomic mass is 10.0. The smallest absolute Gasteiger partial charge is 0.158 e. The first kappa shape index (κ1) is 18.7. The van der Waals surface area contributed by atoms with Crippen molar-refractivity contribution in [2.75, 3.05) is 33.9 Å². The Labute approximate surface area is 165 Å². The predicted octanol–water partition coefficient (Wildman–Crippen LogP) is 2.40. The molecule has 0 unspecified atom stereocenters. The largest absolute Gasteiger partial charge is 0.497 e. The fourth-order valence-electron chi connectivity index (χ4n) is 4.06. The van der Waals surface area contributed by atoms with Gasteiger partial charge in [-0.15, -0.1) is 0 Å². The lowest BCUT2D eigenvalue weighted by Gasteiger charge is -2.18. The molecule has 7 nitrogen and oxygen atoms in total. The summed E-state index contributed by atoms with van der Waals surface area (Å²) < 4.78 is 12.9. The Morgan fingerprint density at radius 1 is 1.21 bits per heavy atom. The summed E-state index contributed by atoms with van der Waals surface area (Å²) in [5, 5.41) is 6.01. The minimum atomic E-state index is 0.391. The average molecular weight is 381 g/mol. The van der Waals surface area contributed by atoms with Crippen molar-refractivity contribution in [2.45, 2.75) is 25.4 Å². The van der Waals surface area contributed by atoms with Crippen LogP contribution in [-0.2, 0) is 13.1 Å². The number of pyridine rings is 1. The van der Waals surface area contributed by atoms with Crippen LogP contribution in [0.3, 0.4) is 0 Å². The van der Waals surface area contributed by atoms with Crippen LogP contribution in [0.25, 0.3) is 11.0 Å². The van der Waals surface area contributed by atoms with Crippen LogP contribution in [0.1, 0.15) is 23.6 Å². The van der Waals surface area contributed by atoms with Gasteiger partial charge in [0.2, 0.25) is 0 Å². The highest BCUT2D eigenvalue weighted by molar-refractivity contribution is 5.78. The molecule has 7 heteroatoms. The molecule has 0 spiro atoms. The maximum absolute atomic E-state index is 5.75. The molecule has 2 N–H and O–H groups in total. The molecule has 3 aromatic rings. The third-order valence-corrected chi connectivity index (χ3v) is 5.42. The lowest BCUT2D eigenvalue weighted by Crippen LogP contribution is -2.20. The van der Waals surface area contributed by atoms with Gasteiger partial charge in [0.05, 0.1) is 26.5 Å². The molecule has 1 fully saturated rings. The zero-order valence-corrected chi connectivity index (χ0v) is 16.5. The van der Waals surface area contributed by atoms with Crippen LogP contribution >= 0.6 is 0 Å². The van der Waals surface area contributed by atoms with E-state index in [-0.39, 0.29) is 0 Å². The van der Waals surface area contributed by atoms with Crippen molar-refractivity contribution >= 4 is 11.0 Å². The number of ether oxygens (including phenoxy) is 2. The highest BCUT2D eigenvalue weighted by atomic mass is 16.5. The third-order valence-electron chi connectivity index (χ3n) is 5.42. The summed E-state index contributed by atoms with van der Waals surface area (Å²) in [6, 6.07) is 10.1. The van der Waals surface area contributed by atoms with Crippen LogP contribution in [0.5, 0.6) is 11.5 Å². The van der Waals surface area contributed by atoms with Crippen LogP contribution in [0, 0.1) is 0 Å². The van der Waals surface area contributed by atoms with Crippen LogP contribution < -0.4 is 15.2 Å². The number of aromatic nitrogens is 3. The zero-order valence-electron chi connectivity index (χ0n) is 16.5. The summed E-state index contributed by atoms with van der Waals surface area (Å²) in [5.74, 6) is 2.14. The standard InChI is InChI=1S/C21H27N5O2/c1-27-17-5-6-19(28-2)16(12-17)14-25-10-7-15(13-25)20-18-4-3-9-23-21(18)26(24-20)11-8-22/h3-6,9,12,15H,7-8,10-11,13-14,22H2,1-2H3/t15-/m1/s1. The number of fused-ring (bicyclic) bond motifs is 1. The Morgan fingerprint density at radius 3 is 2.89 bits per heavy atom. The van der Waals surface area contributed by atoms with Gasteiger partial charge in [-0.05, 0) is 43.3 Å². The van der Waals surface area contributed by atoms with E-state index in [1.54, 1.807) is 14.2 Å². The fraction of sp³-hybridized carbons (Fsp3) is 0.429. The third kappa shape index (κ3) is 3.55. The zero-order chi connectivity index (χ0) is 19.5. The molecular weight excluding hydrogens is 354 g/mol. The first-order valence-corrected chi connectivity index (χ1v) is 9.68. The molecule has 28 heavy (non-hydrogen) atoms. The molecule has 1 aliphatic heterocycles. The predicted molar refractivity (Wildman–Crippen MR) is 109 cm³/mol. The van der Waals surface area contributed by atoms with E-state index in [4.69, 9.17) is 20.3 Å². The number of benzene rings is 1. The van der Waals surface area contributed by atoms with Crippen molar-refractivity contribution in [3.63, 3.8) is 0 Å². The maximum Gasteiger partial charge on any atom is 0.158 e. The normalized spacial score (nSPS) is 17.3. The van der Waals surface area contributed by atoms with Gasteiger partial charge in [-0.3, -0.25) is 4.90 Å². The van der Waals surface area contributed by atoms with E-state index in [9.17, 15) is 0 Å². The average Bonchev–Trinajstić information content (AvgIpc) is 3.33. The summed E-state index contributed by atoms with van der Waals surface area (Å²) in [4.78, 5) is 6.97. The fourth-order valence-corrected chi connectivity index (χ4v) is 4.06. The second kappa shape index (κ2) is 8.16. The lowest BCUT2D eigenvalue weighted by molar-refractivity contribution is 0.315. The molecule has 0 saturated carbocycles. The summed E-state index contributed by atoms with van der Waals surface area (Å²) in [6.45, 7) is 4.06. The topological polar surface area (TPSA) is 78.4 Å². The van der Waals surface area contributed by atoms with E-state index in [0.29, 0.717) is 19.0 Å². The van der Waals surface area contributed by atoms with Crippen LogP contribution in [0.2, 0.25) is 0 Å². The Bertz CT molecular complexity index is 955. The number of likely N-dealkylation sites (tertiary alicyclic amines) is 1. The van der Waals surface area contributed by atoms with Gasteiger partial charge in [0.1, 0.15) is 11.5 Å². The first-order chi connectivity index (χ1) is 13.7. The Hall–Kier alpha value is -2.64. The number of methoxy groups -OCH3 is 2. The summed E-state index contributed by atoms with van der Waals surface area (Å²) in [6.07, 6.45) is 2.90. The van der Waals surface area contributed by atoms with Gasteiger partial charge < -0.3 is 15.2 Å². The van der Waals surface area contributed by atoms with Crippen molar-refractivity contribution in [1.29, 1.82) is 0 Å². The van der Waals surface area contributed by atoms with E-state index >= 15 is 0 Å². The van der Waals surface area contributed by atoms with Gasteiger partial charge in [-0.2, -0.15) is 5.10 Å². The Kier molecular flexibility index (Phi) is 5.45. The summed E-state index contributed by atoms with van der Waals surface area (Å²) in [7, 11) is 3.40. The second-order valence-electron chi connectivity index (χ2n) is 7.17. The molecule has 4 rings (SSSR count). The summed E-state index contributed by atoms with van der Waals surface area (Å²) >= 11 is 0. The molecule has 1 aromatic carbocycles. The van der Waals surface area contributed by atoms with Crippen LogP contribution in [0.15, 0.2) is 36.5 Å².